The summed E-state index contributed by atoms with van der Waals surface area (Å²) in [6, 6.07) is 9.58. The number of benzene rings is 1. The predicted octanol–water partition coefficient (Wildman–Crippen LogP) is 3.00. The number of nitrogens with two attached hydrogens (primary N) is 2. The third kappa shape index (κ3) is 4.07. The Bertz CT molecular complexity index is 467. The van der Waals surface area contributed by atoms with Gasteiger partial charge in [0.15, 0.2) is 0 Å². The smallest absolute Gasteiger partial charge is 0.0500 e. The van der Waals surface area contributed by atoms with Gasteiger partial charge in [0.25, 0.3) is 0 Å². The van der Waals surface area contributed by atoms with Crippen molar-refractivity contribution in [2.24, 2.45) is 11.5 Å². The van der Waals surface area contributed by atoms with Crippen LogP contribution in [0.1, 0.15) is 12.5 Å². The van der Waals surface area contributed by atoms with Crippen LogP contribution in [0.25, 0.3) is 5.70 Å². The van der Waals surface area contributed by atoms with E-state index in [1.165, 1.54) is 0 Å². The molecule has 94 valence electrons. The highest BCUT2D eigenvalue weighted by Gasteiger charge is 2.04. The maximum atomic E-state index is 6.10. The summed E-state index contributed by atoms with van der Waals surface area (Å²) in [6.07, 6.45) is 9.35. The van der Waals surface area contributed by atoms with Crippen LogP contribution in [-0.4, -0.2) is 6.04 Å². The Morgan fingerprint density at radius 2 is 1.94 bits per heavy atom. The van der Waals surface area contributed by atoms with Crippen molar-refractivity contribution in [3.8, 4) is 0 Å². The van der Waals surface area contributed by atoms with Gasteiger partial charge in [0.2, 0.25) is 0 Å². The van der Waals surface area contributed by atoms with E-state index in [0.717, 1.165) is 11.1 Å². The third-order valence-electron chi connectivity index (χ3n) is 2.61. The van der Waals surface area contributed by atoms with Gasteiger partial charge in [0.1, 0.15) is 0 Å². The summed E-state index contributed by atoms with van der Waals surface area (Å²) in [6.45, 7) is 5.59. The number of hydrogen-bond acceptors (Lipinski definition) is 2. The summed E-state index contributed by atoms with van der Waals surface area (Å²) < 4.78 is 0. The zero-order chi connectivity index (χ0) is 13.4. The van der Waals surface area contributed by atoms with Crippen molar-refractivity contribution < 1.29 is 0 Å². The van der Waals surface area contributed by atoms with Crippen molar-refractivity contribution >= 4 is 5.70 Å². The van der Waals surface area contributed by atoms with E-state index < -0.39 is 0 Å². The lowest BCUT2D eigenvalue weighted by molar-refractivity contribution is 0.975. The Kier molecular flexibility index (Phi) is 5.68. The first-order valence-corrected chi connectivity index (χ1v) is 5.92. The van der Waals surface area contributed by atoms with Gasteiger partial charge in [0, 0.05) is 5.70 Å². The molecule has 2 nitrogen and oxygen atoms in total. The van der Waals surface area contributed by atoms with Crippen LogP contribution in [0.2, 0.25) is 0 Å². The average molecular weight is 240 g/mol. The predicted molar refractivity (Wildman–Crippen MR) is 79.7 cm³/mol. The number of hydrogen-bond donors (Lipinski definition) is 2. The van der Waals surface area contributed by atoms with Crippen molar-refractivity contribution in [3.05, 3.63) is 78.4 Å². The molecule has 18 heavy (non-hydrogen) atoms. The Labute approximate surface area is 109 Å². The molecule has 1 unspecified atom stereocenters. The van der Waals surface area contributed by atoms with Gasteiger partial charge in [-0.25, -0.2) is 0 Å². The molecule has 1 aromatic rings. The Balaban J connectivity index is 2.88. The molecular formula is C16H20N2. The van der Waals surface area contributed by atoms with Gasteiger partial charge in [-0.3, -0.25) is 0 Å². The SMILES string of the molecule is C=C/C=C\C(=C/C)C(N)/C=C(\N)c1ccccc1. The first-order valence-electron chi connectivity index (χ1n) is 5.92. The summed E-state index contributed by atoms with van der Waals surface area (Å²) in [7, 11) is 0. The van der Waals surface area contributed by atoms with E-state index >= 15 is 0 Å². The van der Waals surface area contributed by atoms with Crippen molar-refractivity contribution in [2.45, 2.75) is 13.0 Å². The first-order chi connectivity index (χ1) is 8.69. The Morgan fingerprint density at radius 3 is 2.50 bits per heavy atom. The van der Waals surface area contributed by atoms with Gasteiger partial charge in [-0.1, -0.05) is 61.2 Å². The second kappa shape index (κ2) is 7.30. The molecule has 0 saturated heterocycles. The number of rotatable bonds is 5. The highest BCUT2D eigenvalue weighted by atomic mass is 14.6. The van der Waals surface area contributed by atoms with E-state index in [9.17, 15) is 0 Å². The summed E-state index contributed by atoms with van der Waals surface area (Å²) >= 11 is 0. The van der Waals surface area contributed by atoms with Crippen molar-refractivity contribution in [2.75, 3.05) is 0 Å². The van der Waals surface area contributed by atoms with E-state index in [1.807, 2.05) is 61.6 Å². The minimum absolute atomic E-state index is 0.216. The van der Waals surface area contributed by atoms with Gasteiger partial charge in [-0.15, -0.1) is 0 Å². The van der Waals surface area contributed by atoms with E-state index in [1.54, 1.807) is 6.08 Å². The monoisotopic (exact) mass is 240 g/mol. The van der Waals surface area contributed by atoms with E-state index in [4.69, 9.17) is 11.5 Å². The number of allylic oxidation sites excluding steroid dienone is 3. The molecule has 0 amide bonds. The summed E-state index contributed by atoms with van der Waals surface area (Å²) in [5, 5.41) is 0. The maximum absolute atomic E-state index is 6.10. The van der Waals surface area contributed by atoms with E-state index in [-0.39, 0.29) is 6.04 Å². The molecule has 0 aliphatic carbocycles. The van der Waals surface area contributed by atoms with Crippen LogP contribution in [0.15, 0.2) is 72.9 Å². The molecular weight excluding hydrogens is 220 g/mol. The molecule has 2 heteroatoms. The van der Waals surface area contributed by atoms with Gasteiger partial charge in [-0.2, -0.15) is 0 Å². The van der Waals surface area contributed by atoms with Crippen LogP contribution in [0.5, 0.6) is 0 Å². The average Bonchev–Trinajstić information content (AvgIpc) is 2.40. The molecule has 1 atom stereocenters. The minimum atomic E-state index is -0.216. The summed E-state index contributed by atoms with van der Waals surface area (Å²) in [5.41, 5.74) is 14.8. The molecule has 0 aliphatic heterocycles. The van der Waals surface area contributed by atoms with Crippen LogP contribution in [0, 0.1) is 0 Å². The lowest BCUT2D eigenvalue weighted by Gasteiger charge is -2.10. The van der Waals surface area contributed by atoms with Gasteiger partial charge in [0.05, 0.1) is 6.04 Å². The molecule has 0 aromatic heterocycles. The lowest BCUT2D eigenvalue weighted by Crippen LogP contribution is -2.20. The Hall–Kier alpha value is -2.06. The zero-order valence-corrected chi connectivity index (χ0v) is 10.7. The van der Waals surface area contributed by atoms with Crippen LogP contribution in [-0.2, 0) is 0 Å². The van der Waals surface area contributed by atoms with Crippen LogP contribution < -0.4 is 11.5 Å². The van der Waals surface area contributed by atoms with Crippen LogP contribution >= 0.6 is 0 Å². The van der Waals surface area contributed by atoms with E-state index in [0.29, 0.717) is 5.70 Å². The van der Waals surface area contributed by atoms with Crippen LogP contribution in [0.4, 0.5) is 0 Å². The fourth-order valence-electron chi connectivity index (χ4n) is 1.60. The van der Waals surface area contributed by atoms with E-state index in [2.05, 4.69) is 6.58 Å². The summed E-state index contributed by atoms with van der Waals surface area (Å²) in [5.74, 6) is 0. The normalized spacial score (nSPS) is 14.8. The lowest BCUT2D eigenvalue weighted by atomic mass is 10.0. The highest BCUT2D eigenvalue weighted by Crippen LogP contribution is 2.12. The first kappa shape index (κ1) is 14.0. The van der Waals surface area contributed by atoms with Gasteiger partial charge < -0.3 is 11.5 Å². The molecule has 0 aliphatic rings. The minimum Gasteiger partial charge on any atom is -0.398 e. The molecule has 0 fully saturated rings. The van der Waals surface area contributed by atoms with Crippen molar-refractivity contribution in [1.29, 1.82) is 0 Å². The second-order valence-corrected chi connectivity index (χ2v) is 3.90. The van der Waals surface area contributed by atoms with Crippen molar-refractivity contribution in [3.63, 3.8) is 0 Å². The fraction of sp³-hybridized carbons (Fsp3) is 0.125. The van der Waals surface area contributed by atoms with Gasteiger partial charge in [-0.05, 0) is 24.1 Å². The Morgan fingerprint density at radius 1 is 1.28 bits per heavy atom. The molecule has 0 spiro atoms. The molecule has 1 rings (SSSR count). The van der Waals surface area contributed by atoms with Gasteiger partial charge >= 0.3 is 0 Å². The van der Waals surface area contributed by atoms with Crippen molar-refractivity contribution in [1.82, 2.24) is 0 Å². The quantitative estimate of drug-likeness (QED) is 0.777. The second-order valence-electron chi connectivity index (χ2n) is 3.90. The molecule has 4 N–H and O–H groups in total. The standard InChI is InChI=1S/C16H20N2/c1-3-5-9-13(4-2)15(17)12-16(18)14-10-7-6-8-11-14/h3-12,15H,1,17-18H2,2H3/b9-5-,13-4+,16-12-. The fourth-order valence-corrected chi connectivity index (χ4v) is 1.60. The molecule has 0 saturated carbocycles. The third-order valence-corrected chi connectivity index (χ3v) is 2.61. The maximum Gasteiger partial charge on any atom is 0.0500 e. The highest BCUT2D eigenvalue weighted by molar-refractivity contribution is 5.63. The largest absolute Gasteiger partial charge is 0.398 e. The molecule has 0 radical (unpaired) electrons. The molecule has 0 heterocycles. The van der Waals surface area contributed by atoms with Crippen LogP contribution in [0.3, 0.4) is 0 Å². The molecule has 0 bridgehead atoms. The zero-order valence-electron chi connectivity index (χ0n) is 10.7. The molecule has 1 aromatic carbocycles. The topological polar surface area (TPSA) is 52.0 Å². The summed E-state index contributed by atoms with van der Waals surface area (Å²) in [4.78, 5) is 0.